The second-order valence-electron chi connectivity index (χ2n) is 9.13. The first kappa shape index (κ1) is 23.8. The molecule has 0 unspecified atom stereocenters. The zero-order valence-corrected chi connectivity index (χ0v) is 20.3. The third-order valence-corrected chi connectivity index (χ3v) is 6.66. The van der Waals surface area contributed by atoms with E-state index in [9.17, 15) is 9.90 Å². The lowest BCUT2D eigenvalue weighted by Gasteiger charge is -2.37. The molecule has 1 heterocycles. The highest BCUT2D eigenvalue weighted by molar-refractivity contribution is 5.81. The largest absolute Gasteiger partial charge is 0.507 e. The van der Waals surface area contributed by atoms with Crippen molar-refractivity contribution < 1.29 is 9.90 Å². The molecule has 3 aromatic rings. The summed E-state index contributed by atoms with van der Waals surface area (Å²) in [6.07, 6.45) is 1.10. The number of hydrogen-bond acceptors (Lipinski definition) is 4. The maximum Gasteiger partial charge on any atom is 0.224 e. The lowest BCUT2D eigenvalue weighted by molar-refractivity contribution is -0.120. The van der Waals surface area contributed by atoms with E-state index in [1.807, 2.05) is 48.5 Å². The molecule has 0 saturated carbocycles. The third-order valence-electron chi connectivity index (χ3n) is 6.66. The second kappa shape index (κ2) is 11.2. The van der Waals surface area contributed by atoms with Crippen molar-refractivity contribution in [1.29, 1.82) is 0 Å². The van der Waals surface area contributed by atoms with Gasteiger partial charge >= 0.3 is 0 Å². The van der Waals surface area contributed by atoms with Gasteiger partial charge in [-0.15, -0.1) is 0 Å². The van der Waals surface area contributed by atoms with Crippen LogP contribution in [0.15, 0.2) is 66.7 Å². The highest BCUT2D eigenvalue weighted by Gasteiger charge is 2.19. The van der Waals surface area contributed by atoms with Crippen molar-refractivity contribution >= 4 is 11.6 Å². The molecule has 34 heavy (non-hydrogen) atoms. The lowest BCUT2D eigenvalue weighted by atomic mass is 10.00. The van der Waals surface area contributed by atoms with Crippen molar-refractivity contribution in [2.75, 3.05) is 44.2 Å². The number of nitrogens with zero attached hydrogens (tertiary/aromatic N) is 2. The first-order valence-corrected chi connectivity index (χ1v) is 12.2. The number of aromatic hydroxyl groups is 1. The maximum absolute atomic E-state index is 12.5. The minimum Gasteiger partial charge on any atom is -0.507 e. The molecule has 1 amide bonds. The van der Waals surface area contributed by atoms with Crippen molar-refractivity contribution in [1.82, 2.24) is 10.2 Å². The van der Waals surface area contributed by atoms with E-state index in [4.69, 9.17) is 0 Å². The average molecular weight is 458 g/mol. The van der Waals surface area contributed by atoms with E-state index in [0.29, 0.717) is 12.1 Å². The number of phenolic OH excluding ortho intramolecular Hbond substituents is 1. The highest BCUT2D eigenvalue weighted by atomic mass is 16.3. The number of hydrogen-bond donors (Lipinski definition) is 2. The highest BCUT2D eigenvalue weighted by Crippen LogP contribution is 2.32. The van der Waals surface area contributed by atoms with Gasteiger partial charge in [0, 0.05) is 49.5 Å². The van der Waals surface area contributed by atoms with Crippen LogP contribution in [-0.4, -0.2) is 55.2 Å². The second-order valence-corrected chi connectivity index (χ2v) is 9.13. The molecule has 2 N–H and O–H groups in total. The molecular weight excluding hydrogens is 422 g/mol. The Morgan fingerprint density at radius 1 is 0.882 bits per heavy atom. The normalized spacial score (nSPS) is 14.2. The van der Waals surface area contributed by atoms with Crippen molar-refractivity contribution in [2.45, 2.75) is 26.7 Å². The van der Waals surface area contributed by atoms with E-state index in [1.54, 1.807) is 0 Å². The van der Waals surface area contributed by atoms with Crippen molar-refractivity contribution in [3.8, 4) is 16.9 Å². The number of carbonyl (C=O) groups is 1. The van der Waals surface area contributed by atoms with E-state index in [1.165, 1.54) is 16.8 Å². The topological polar surface area (TPSA) is 55.8 Å². The fourth-order valence-electron chi connectivity index (χ4n) is 4.85. The van der Waals surface area contributed by atoms with E-state index in [0.717, 1.165) is 50.3 Å². The Morgan fingerprint density at radius 2 is 1.56 bits per heavy atom. The molecule has 0 atom stereocenters. The molecule has 1 aliphatic heterocycles. The SMILES string of the molecule is Cc1cccc(C)c1N1CCN(CCCNC(=O)Cc2cccc(-c3ccccc3)c2O)CC1. The molecule has 0 radical (unpaired) electrons. The molecule has 1 saturated heterocycles. The number of piperazine rings is 1. The summed E-state index contributed by atoms with van der Waals surface area (Å²) in [6, 6.07) is 21.8. The smallest absolute Gasteiger partial charge is 0.224 e. The number of phenols is 1. The van der Waals surface area contributed by atoms with Gasteiger partial charge < -0.3 is 15.3 Å². The summed E-state index contributed by atoms with van der Waals surface area (Å²) in [7, 11) is 0. The Kier molecular flexibility index (Phi) is 7.86. The van der Waals surface area contributed by atoms with Crippen LogP contribution in [0, 0.1) is 13.8 Å². The van der Waals surface area contributed by atoms with Gasteiger partial charge in [0.05, 0.1) is 6.42 Å². The van der Waals surface area contributed by atoms with Gasteiger partial charge in [0.25, 0.3) is 0 Å². The van der Waals surface area contributed by atoms with E-state index >= 15 is 0 Å². The molecule has 178 valence electrons. The number of aryl methyl sites for hydroxylation is 2. The minimum atomic E-state index is -0.0552. The quantitative estimate of drug-likeness (QED) is 0.488. The maximum atomic E-state index is 12.5. The summed E-state index contributed by atoms with van der Waals surface area (Å²) < 4.78 is 0. The van der Waals surface area contributed by atoms with Crippen LogP contribution in [-0.2, 0) is 11.2 Å². The summed E-state index contributed by atoms with van der Waals surface area (Å²) in [4.78, 5) is 17.5. The standard InChI is InChI=1S/C29H35N3O2/c1-22-9-6-10-23(2)28(22)32-19-17-31(18-20-32)16-8-15-30-27(33)21-25-13-7-14-26(29(25)34)24-11-4-3-5-12-24/h3-7,9-14,34H,8,15-21H2,1-2H3,(H,30,33). The van der Waals surface area contributed by atoms with Crippen LogP contribution >= 0.6 is 0 Å². The Morgan fingerprint density at radius 3 is 2.26 bits per heavy atom. The average Bonchev–Trinajstić information content (AvgIpc) is 2.84. The summed E-state index contributed by atoms with van der Waals surface area (Å²) in [5.74, 6) is 0.131. The zero-order valence-electron chi connectivity index (χ0n) is 20.3. The lowest BCUT2D eigenvalue weighted by Crippen LogP contribution is -2.47. The summed E-state index contributed by atoms with van der Waals surface area (Å²) in [5.41, 5.74) is 6.43. The predicted octanol–water partition coefficient (Wildman–Crippen LogP) is 4.55. The fraction of sp³-hybridized carbons (Fsp3) is 0.345. The molecule has 0 aliphatic carbocycles. The van der Waals surface area contributed by atoms with Gasteiger partial charge in [0.2, 0.25) is 5.91 Å². The molecule has 3 aromatic carbocycles. The molecule has 5 nitrogen and oxygen atoms in total. The summed E-state index contributed by atoms with van der Waals surface area (Å²) in [5, 5.41) is 13.7. The van der Waals surface area contributed by atoms with Crippen molar-refractivity contribution in [3.05, 3.63) is 83.4 Å². The minimum absolute atomic E-state index is 0.0552. The van der Waals surface area contributed by atoms with Gasteiger partial charge in [-0.3, -0.25) is 9.69 Å². The Hall–Kier alpha value is -3.31. The molecule has 1 fully saturated rings. The van der Waals surface area contributed by atoms with Gasteiger partial charge in [-0.05, 0) is 43.5 Å². The number of anilines is 1. The Bertz CT molecular complexity index is 1090. The number of rotatable bonds is 8. The van der Waals surface area contributed by atoms with Gasteiger partial charge in [-0.1, -0.05) is 66.7 Å². The van der Waals surface area contributed by atoms with E-state index in [2.05, 4.69) is 47.2 Å². The molecule has 5 heteroatoms. The number of amides is 1. The summed E-state index contributed by atoms with van der Waals surface area (Å²) >= 11 is 0. The molecule has 1 aliphatic rings. The van der Waals surface area contributed by atoms with Crippen LogP contribution in [0.3, 0.4) is 0 Å². The Balaban J connectivity index is 1.20. The third kappa shape index (κ3) is 5.78. The molecule has 0 aromatic heterocycles. The molecule has 0 bridgehead atoms. The monoisotopic (exact) mass is 457 g/mol. The first-order valence-electron chi connectivity index (χ1n) is 12.2. The molecule has 0 spiro atoms. The van der Waals surface area contributed by atoms with Gasteiger partial charge in [0.1, 0.15) is 5.75 Å². The molecule has 4 rings (SSSR count). The van der Waals surface area contributed by atoms with Crippen LogP contribution in [0.4, 0.5) is 5.69 Å². The number of benzene rings is 3. The summed E-state index contributed by atoms with van der Waals surface area (Å²) in [6.45, 7) is 10.2. The van der Waals surface area contributed by atoms with Crippen LogP contribution in [0.1, 0.15) is 23.1 Å². The first-order chi connectivity index (χ1) is 16.5. The zero-order chi connectivity index (χ0) is 23.9. The van der Waals surface area contributed by atoms with E-state index < -0.39 is 0 Å². The molecular formula is C29H35N3O2. The number of carbonyl (C=O) groups excluding carboxylic acids is 1. The van der Waals surface area contributed by atoms with Crippen LogP contribution in [0.25, 0.3) is 11.1 Å². The van der Waals surface area contributed by atoms with Crippen LogP contribution < -0.4 is 10.2 Å². The fourth-order valence-corrected chi connectivity index (χ4v) is 4.85. The van der Waals surface area contributed by atoms with Gasteiger partial charge in [-0.25, -0.2) is 0 Å². The predicted molar refractivity (Wildman–Crippen MR) is 139 cm³/mol. The van der Waals surface area contributed by atoms with E-state index in [-0.39, 0.29) is 18.1 Å². The number of para-hydroxylation sites is 2. The van der Waals surface area contributed by atoms with Crippen molar-refractivity contribution in [2.24, 2.45) is 0 Å². The van der Waals surface area contributed by atoms with Gasteiger partial charge in [-0.2, -0.15) is 0 Å². The Labute approximate surface area is 203 Å². The van der Waals surface area contributed by atoms with Crippen LogP contribution in [0.5, 0.6) is 5.75 Å². The number of nitrogens with one attached hydrogen (secondary N) is 1. The van der Waals surface area contributed by atoms with Gasteiger partial charge in [0.15, 0.2) is 0 Å². The van der Waals surface area contributed by atoms with Crippen molar-refractivity contribution in [3.63, 3.8) is 0 Å². The van der Waals surface area contributed by atoms with Crippen LogP contribution in [0.2, 0.25) is 0 Å².